The molecule has 1 fully saturated rings. The Labute approximate surface area is 180 Å². The third kappa shape index (κ3) is 4.96. The molecule has 1 aliphatic rings. The molecule has 4 rings (SSSR count). The van der Waals surface area contributed by atoms with E-state index in [9.17, 15) is 4.79 Å². The van der Waals surface area contributed by atoms with Crippen LogP contribution in [0.3, 0.4) is 0 Å². The molecule has 0 radical (unpaired) electrons. The van der Waals surface area contributed by atoms with Crippen LogP contribution in [0.25, 0.3) is 0 Å². The molecule has 0 N–H and O–H groups in total. The van der Waals surface area contributed by atoms with Gasteiger partial charge in [0.1, 0.15) is 16.9 Å². The smallest absolute Gasteiger partial charge is 0.261 e. The zero-order chi connectivity index (χ0) is 20.8. The van der Waals surface area contributed by atoms with E-state index in [-0.39, 0.29) is 12.0 Å². The molecule has 1 saturated heterocycles. The van der Waals surface area contributed by atoms with Gasteiger partial charge in [0.2, 0.25) is 5.88 Å². The van der Waals surface area contributed by atoms with Crippen molar-refractivity contribution in [2.75, 3.05) is 18.1 Å². The van der Waals surface area contributed by atoms with E-state index in [4.69, 9.17) is 21.1 Å². The molecule has 30 heavy (non-hydrogen) atoms. The largest absolute Gasteiger partial charge is 0.473 e. The second-order valence-corrected chi connectivity index (χ2v) is 7.41. The average molecular weight is 424 g/mol. The predicted molar refractivity (Wildman–Crippen MR) is 115 cm³/mol. The van der Waals surface area contributed by atoms with Gasteiger partial charge >= 0.3 is 0 Å². The Morgan fingerprint density at radius 3 is 2.57 bits per heavy atom. The molecule has 1 amide bonds. The van der Waals surface area contributed by atoms with E-state index < -0.39 is 0 Å². The summed E-state index contributed by atoms with van der Waals surface area (Å²) < 4.78 is 11.2. The van der Waals surface area contributed by atoms with Crippen molar-refractivity contribution in [1.29, 1.82) is 0 Å². The summed E-state index contributed by atoms with van der Waals surface area (Å²) in [7, 11) is 0. The number of hydrogen-bond donors (Lipinski definition) is 0. The van der Waals surface area contributed by atoms with Crippen molar-refractivity contribution in [3.05, 3.63) is 83.1 Å². The predicted octanol–water partition coefficient (Wildman–Crippen LogP) is 4.53. The molecule has 0 bridgehead atoms. The molecule has 1 aliphatic heterocycles. The monoisotopic (exact) mass is 423 g/mol. The first-order valence-electron chi connectivity index (χ1n) is 9.87. The SMILES string of the molecule is O=C(c1cnc(OC2CCOCC2)c(Cl)c1)N(Cc1ccccc1)c1ccccn1. The molecule has 2 aromatic heterocycles. The highest BCUT2D eigenvalue weighted by Gasteiger charge is 2.22. The lowest BCUT2D eigenvalue weighted by molar-refractivity contribution is 0.0238. The molecule has 0 atom stereocenters. The molecule has 3 heterocycles. The molecule has 3 aromatic rings. The first-order valence-corrected chi connectivity index (χ1v) is 10.3. The van der Waals surface area contributed by atoms with E-state index in [2.05, 4.69) is 9.97 Å². The van der Waals surface area contributed by atoms with E-state index in [0.717, 1.165) is 18.4 Å². The third-order valence-electron chi connectivity index (χ3n) is 4.86. The third-order valence-corrected chi connectivity index (χ3v) is 5.13. The van der Waals surface area contributed by atoms with E-state index >= 15 is 0 Å². The minimum Gasteiger partial charge on any atom is -0.473 e. The lowest BCUT2D eigenvalue weighted by Crippen LogP contribution is -2.31. The fraction of sp³-hybridized carbons (Fsp3) is 0.261. The Hall–Kier alpha value is -2.96. The van der Waals surface area contributed by atoms with Gasteiger partial charge in [0.05, 0.1) is 25.3 Å². The molecule has 0 aliphatic carbocycles. The number of anilines is 1. The maximum atomic E-state index is 13.3. The van der Waals surface area contributed by atoms with Crippen molar-refractivity contribution in [3.8, 4) is 5.88 Å². The van der Waals surface area contributed by atoms with E-state index in [1.165, 1.54) is 6.20 Å². The summed E-state index contributed by atoms with van der Waals surface area (Å²) in [5.41, 5.74) is 1.37. The average Bonchev–Trinajstić information content (AvgIpc) is 2.80. The van der Waals surface area contributed by atoms with Crippen LogP contribution in [0.15, 0.2) is 67.0 Å². The van der Waals surface area contributed by atoms with Gasteiger partial charge in [-0.3, -0.25) is 9.69 Å². The zero-order valence-electron chi connectivity index (χ0n) is 16.4. The summed E-state index contributed by atoms with van der Waals surface area (Å²) in [5.74, 6) is 0.669. The molecule has 1 aromatic carbocycles. The summed E-state index contributed by atoms with van der Waals surface area (Å²) in [6.07, 6.45) is 4.78. The summed E-state index contributed by atoms with van der Waals surface area (Å²) in [6.45, 7) is 1.71. The topological polar surface area (TPSA) is 64.6 Å². The quantitative estimate of drug-likeness (QED) is 0.582. The number of rotatable bonds is 6. The van der Waals surface area contributed by atoms with Crippen molar-refractivity contribution in [1.82, 2.24) is 9.97 Å². The van der Waals surface area contributed by atoms with Gasteiger partial charge in [-0.2, -0.15) is 0 Å². The first-order chi connectivity index (χ1) is 14.7. The molecular formula is C23H22ClN3O3. The maximum Gasteiger partial charge on any atom is 0.261 e. The minimum atomic E-state index is -0.232. The Morgan fingerprint density at radius 1 is 1.10 bits per heavy atom. The van der Waals surface area contributed by atoms with E-state index in [1.54, 1.807) is 23.2 Å². The van der Waals surface area contributed by atoms with E-state index in [1.807, 2.05) is 42.5 Å². The van der Waals surface area contributed by atoms with Gasteiger partial charge in [-0.1, -0.05) is 48.0 Å². The first kappa shape index (κ1) is 20.3. The van der Waals surface area contributed by atoms with Crippen LogP contribution < -0.4 is 9.64 Å². The summed E-state index contributed by atoms with van der Waals surface area (Å²) in [5, 5.41) is 0.313. The zero-order valence-corrected chi connectivity index (χ0v) is 17.2. The highest BCUT2D eigenvalue weighted by Crippen LogP contribution is 2.27. The van der Waals surface area contributed by atoms with Gasteiger partial charge in [-0.25, -0.2) is 9.97 Å². The van der Waals surface area contributed by atoms with Gasteiger partial charge in [-0.05, 0) is 23.8 Å². The molecule has 0 spiro atoms. The highest BCUT2D eigenvalue weighted by molar-refractivity contribution is 6.32. The second-order valence-electron chi connectivity index (χ2n) is 7.01. The van der Waals surface area contributed by atoms with Gasteiger partial charge in [-0.15, -0.1) is 0 Å². The Morgan fingerprint density at radius 2 is 1.87 bits per heavy atom. The minimum absolute atomic E-state index is 0.0217. The van der Waals surface area contributed by atoms with Crippen LogP contribution in [-0.2, 0) is 11.3 Å². The summed E-state index contributed by atoms with van der Waals surface area (Å²) >= 11 is 6.40. The number of carbonyl (C=O) groups excluding carboxylic acids is 1. The van der Waals surface area contributed by atoms with Crippen LogP contribution in [0.4, 0.5) is 5.82 Å². The van der Waals surface area contributed by atoms with Crippen molar-refractivity contribution in [2.45, 2.75) is 25.5 Å². The van der Waals surface area contributed by atoms with Gasteiger partial charge in [0, 0.05) is 25.2 Å². The number of pyridine rings is 2. The number of benzene rings is 1. The fourth-order valence-electron chi connectivity index (χ4n) is 3.27. The maximum absolute atomic E-state index is 13.3. The number of halogens is 1. The van der Waals surface area contributed by atoms with Crippen LogP contribution in [0, 0.1) is 0 Å². The van der Waals surface area contributed by atoms with Crippen LogP contribution >= 0.6 is 11.6 Å². The van der Waals surface area contributed by atoms with Gasteiger partial charge < -0.3 is 9.47 Å². The Bertz CT molecular complexity index is 979. The normalized spacial score (nSPS) is 14.3. The molecule has 0 saturated carbocycles. The van der Waals surface area contributed by atoms with Crippen LogP contribution in [-0.4, -0.2) is 35.2 Å². The number of amides is 1. The lowest BCUT2D eigenvalue weighted by atomic mass is 10.1. The number of hydrogen-bond acceptors (Lipinski definition) is 5. The van der Waals surface area contributed by atoms with Crippen LogP contribution in [0.5, 0.6) is 5.88 Å². The highest BCUT2D eigenvalue weighted by atomic mass is 35.5. The molecule has 6 nitrogen and oxygen atoms in total. The van der Waals surface area contributed by atoms with E-state index in [0.29, 0.717) is 42.0 Å². The van der Waals surface area contributed by atoms with Crippen LogP contribution in [0.2, 0.25) is 5.02 Å². The number of nitrogens with zero attached hydrogens (tertiary/aromatic N) is 3. The lowest BCUT2D eigenvalue weighted by Gasteiger charge is -2.24. The van der Waals surface area contributed by atoms with Crippen molar-refractivity contribution in [3.63, 3.8) is 0 Å². The fourth-order valence-corrected chi connectivity index (χ4v) is 3.48. The second kappa shape index (κ2) is 9.69. The number of carbonyl (C=O) groups is 1. The standard InChI is InChI=1S/C23H22ClN3O3/c24-20-14-18(15-26-22(20)30-19-9-12-29-13-10-19)23(28)27(21-8-4-5-11-25-21)16-17-6-2-1-3-7-17/h1-8,11,14-15,19H,9-10,12-13,16H2. The van der Waals surface area contributed by atoms with Crippen molar-refractivity contribution >= 4 is 23.3 Å². The van der Waals surface area contributed by atoms with Crippen LogP contribution in [0.1, 0.15) is 28.8 Å². The number of aromatic nitrogens is 2. The van der Waals surface area contributed by atoms with Gasteiger partial charge in [0.15, 0.2) is 0 Å². The molecule has 7 heteroatoms. The molecule has 154 valence electrons. The summed E-state index contributed by atoms with van der Waals surface area (Å²) in [6, 6.07) is 16.8. The Balaban J connectivity index is 1.57. The summed E-state index contributed by atoms with van der Waals surface area (Å²) in [4.78, 5) is 23.6. The van der Waals surface area contributed by atoms with Crippen molar-refractivity contribution in [2.24, 2.45) is 0 Å². The molecular weight excluding hydrogens is 402 g/mol. The molecule has 0 unspecified atom stereocenters. The van der Waals surface area contributed by atoms with Gasteiger partial charge in [0.25, 0.3) is 5.91 Å². The Kier molecular flexibility index (Phi) is 6.57. The number of ether oxygens (including phenoxy) is 2. The van der Waals surface area contributed by atoms with Crippen molar-refractivity contribution < 1.29 is 14.3 Å².